The molecule has 7 heteroatoms. The Kier molecular flexibility index (Phi) is 6.64. The van der Waals surface area contributed by atoms with Crippen molar-refractivity contribution in [3.8, 4) is 0 Å². The van der Waals surface area contributed by atoms with E-state index in [4.69, 9.17) is 5.11 Å². The van der Waals surface area contributed by atoms with Gasteiger partial charge in [0.1, 0.15) is 0 Å². The van der Waals surface area contributed by atoms with E-state index in [1.54, 1.807) is 12.1 Å². The van der Waals surface area contributed by atoms with Crippen molar-refractivity contribution in [1.82, 2.24) is 10.2 Å². The average molecular weight is 358 g/mol. The summed E-state index contributed by atoms with van der Waals surface area (Å²) in [5.74, 6) is -1.09. The van der Waals surface area contributed by atoms with Crippen molar-refractivity contribution in [2.75, 3.05) is 25.5 Å². The van der Waals surface area contributed by atoms with Gasteiger partial charge < -0.3 is 20.6 Å². The number of likely N-dealkylation sites (N-methyl/N-ethyl adjacent to an activating group) is 1. The molecule has 2 amide bonds. The molecule has 0 fully saturated rings. The Morgan fingerprint density at radius 2 is 2.05 bits per heavy atom. The first kappa shape index (κ1) is 17.5. The molecule has 0 aliphatic rings. The van der Waals surface area contributed by atoms with Gasteiger partial charge in [-0.1, -0.05) is 6.07 Å². The first-order valence-corrected chi connectivity index (χ1v) is 7.39. The highest BCUT2D eigenvalue weighted by molar-refractivity contribution is 9.10. The van der Waals surface area contributed by atoms with Crippen molar-refractivity contribution >= 4 is 33.6 Å². The fraction of sp³-hybridized carbons (Fsp3) is 0.429. The molecule has 0 spiro atoms. The molecule has 21 heavy (non-hydrogen) atoms. The molecular weight excluding hydrogens is 338 g/mol. The number of halogens is 1. The van der Waals surface area contributed by atoms with Crippen LogP contribution in [0, 0.1) is 0 Å². The van der Waals surface area contributed by atoms with Crippen molar-refractivity contribution in [2.45, 2.75) is 19.9 Å². The molecule has 0 heterocycles. The monoisotopic (exact) mass is 357 g/mol. The number of hydrogen-bond acceptors (Lipinski definition) is 3. The van der Waals surface area contributed by atoms with Crippen LogP contribution in [0.25, 0.3) is 0 Å². The van der Waals surface area contributed by atoms with E-state index in [0.717, 1.165) is 0 Å². The van der Waals surface area contributed by atoms with E-state index >= 15 is 0 Å². The van der Waals surface area contributed by atoms with Crippen LogP contribution in [0.1, 0.15) is 24.2 Å². The molecule has 0 atom stereocenters. The second-order valence-corrected chi connectivity index (χ2v) is 5.78. The topological polar surface area (TPSA) is 81.7 Å². The number of para-hydroxylation sites is 1. The molecule has 3 N–H and O–H groups in total. The Morgan fingerprint density at radius 1 is 1.38 bits per heavy atom. The van der Waals surface area contributed by atoms with Crippen LogP contribution >= 0.6 is 15.9 Å². The lowest BCUT2D eigenvalue weighted by molar-refractivity contribution is 0.0698. The predicted octanol–water partition coefficient (Wildman–Crippen LogP) is 2.61. The zero-order valence-corrected chi connectivity index (χ0v) is 13.9. The maximum atomic E-state index is 11.8. The van der Waals surface area contributed by atoms with Gasteiger partial charge in [-0.2, -0.15) is 0 Å². The average Bonchev–Trinajstić information content (AvgIpc) is 2.40. The fourth-order valence-corrected chi connectivity index (χ4v) is 2.06. The summed E-state index contributed by atoms with van der Waals surface area (Å²) in [4.78, 5) is 25.1. The minimum atomic E-state index is -1.09. The van der Waals surface area contributed by atoms with Crippen molar-refractivity contribution in [3.05, 3.63) is 28.2 Å². The lowest BCUT2D eigenvalue weighted by atomic mass is 10.2. The van der Waals surface area contributed by atoms with Gasteiger partial charge >= 0.3 is 12.0 Å². The number of nitrogens with one attached hydrogen (secondary N) is 2. The van der Waals surface area contributed by atoms with E-state index in [1.807, 2.05) is 7.05 Å². The third-order valence-corrected chi connectivity index (χ3v) is 3.77. The highest BCUT2D eigenvalue weighted by Crippen LogP contribution is 2.26. The Morgan fingerprint density at radius 3 is 2.62 bits per heavy atom. The number of carboxylic acids is 1. The van der Waals surface area contributed by atoms with Gasteiger partial charge in [0.05, 0.1) is 11.3 Å². The number of hydrogen-bond donors (Lipinski definition) is 3. The summed E-state index contributed by atoms with van der Waals surface area (Å²) in [5.41, 5.74) is 0.290. The highest BCUT2D eigenvalue weighted by atomic mass is 79.9. The summed E-state index contributed by atoms with van der Waals surface area (Å²) in [7, 11) is 1.97. The maximum absolute atomic E-state index is 11.8. The number of carbonyl (C=O) groups excluding carboxylic acids is 1. The number of carboxylic acid groups (broad SMARTS) is 1. The van der Waals surface area contributed by atoms with Crippen LogP contribution in [0.4, 0.5) is 10.5 Å². The van der Waals surface area contributed by atoms with E-state index in [-0.39, 0.29) is 11.3 Å². The van der Waals surface area contributed by atoms with Crippen LogP contribution in [0.2, 0.25) is 0 Å². The predicted molar refractivity (Wildman–Crippen MR) is 85.9 cm³/mol. The SMILES string of the molecule is CC(C)N(C)CCNC(=O)Nc1c(Br)cccc1C(=O)O. The molecule has 0 aliphatic carbocycles. The van der Waals surface area contributed by atoms with Crippen LogP contribution in [-0.4, -0.2) is 48.2 Å². The standard InChI is InChI=1S/C14H20BrN3O3/c1-9(2)18(3)8-7-16-14(21)17-12-10(13(19)20)5-4-6-11(12)15/h4-6,9H,7-8H2,1-3H3,(H,19,20)(H2,16,17,21). The van der Waals surface area contributed by atoms with Gasteiger partial charge in [-0.3, -0.25) is 0 Å². The first-order chi connectivity index (χ1) is 9.82. The molecule has 0 saturated carbocycles. The second-order valence-electron chi connectivity index (χ2n) is 4.92. The van der Waals surface area contributed by atoms with Crippen LogP contribution in [0.15, 0.2) is 22.7 Å². The zero-order chi connectivity index (χ0) is 16.0. The Hall–Kier alpha value is -1.60. The van der Waals surface area contributed by atoms with Gasteiger partial charge in [0.15, 0.2) is 0 Å². The van der Waals surface area contributed by atoms with E-state index in [2.05, 4.69) is 45.3 Å². The molecule has 0 radical (unpaired) electrons. The summed E-state index contributed by atoms with van der Waals surface area (Å²) in [6.45, 7) is 5.33. The summed E-state index contributed by atoms with van der Waals surface area (Å²) >= 11 is 3.24. The van der Waals surface area contributed by atoms with Gasteiger partial charge in [0.2, 0.25) is 0 Å². The molecule has 1 aromatic carbocycles. The molecule has 0 aliphatic heterocycles. The summed E-state index contributed by atoms with van der Waals surface area (Å²) < 4.78 is 0.525. The number of carbonyl (C=O) groups is 2. The molecule has 0 aromatic heterocycles. The fourth-order valence-electron chi connectivity index (χ4n) is 1.59. The lowest BCUT2D eigenvalue weighted by Crippen LogP contribution is -2.38. The van der Waals surface area contributed by atoms with Gasteiger partial charge in [-0.05, 0) is 49.0 Å². The van der Waals surface area contributed by atoms with Crippen LogP contribution in [0.3, 0.4) is 0 Å². The quantitative estimate of drug-likeness (QED) is 0.730. The second kappa shape index (κ2) is 7.99. The lowest BCUT2D eigenvalue weighted by Gasteiger charge is -2.21. The number of benzene rings is 1. The van der Waals surface area contributed by atoms with Crippen molar-refractivity contribution in [1.29, 1.82) is 0 Å². The molecule has 1 aromatic rings. The van der Waals surface area contributed by atoms with E-state index in [9.17, 15) is 9.59 Å². The number of aromatic carboxylic acids is 1. The number of anilines is 1. The molecule has 1 rings (SSSR count). The normalized spacial score (nSPS) is 10.8. The van der Waals surface area contributed by atoms with Gasteiger partial charge in [0, 0.05) is 23.6 Å². The van der Waals surface area contributed by atoms with Gasteiger partial charge in [0.25, 0.3) is 0 Å². The third-order valence-electron chi connectivity index (χ3n) is 3.11. The number of nitrogens with zero attached hydrogens (tertiary/aromatic N) is 1. The number of amides is 2. The first-order valence-electron chi connectivity index (χ1n) is 6.59. The van der Waals surface area contributed by atoms with Crippen molar-refractivity contribution in [2.24, 2.45) is 0 Å². The molecule has 6 nitrogen and oxygen atoms in total. The van der Waals surface area contributed by atoms with E-state index in [1.165, 1.54) is 6.07 Å². The minimum absolute atomic E-state index is 0.0406. The van der Waals surface area contributed by atoms with E-state index in [0.29, 0.717) is 23.6 Å². The zero-order valence-electron chi connectivity index (χ0n) is 12.3. The van der Waals surface area contributed by atoms with Crippen LogP contribution in [-0.2, 0) is 0 Å². The number of urea groups is 1. The highest BCUT2D eigenvalue weighted by Gasteiger charge is 2.15. The Labute approximate surface area is 132 Å². The minimum Gasteiger partial charge on any atom is -0.478 e. The molecule has 0 unspecified atom stereocenters. The smallest absolute Gasteiger partial charge is 0.337 e. The Balaban J connectivity index is 2.61. The molecule has 0 bridgehead atoms. The van der Waals surface area contributed by atoms with Gasteiger partial charge in [-0.25, -0.2) is 9.59 Å². The van der Waals surface area contributed by atoms with Crippen molar-refractivity contribution in [3.63, 3.8) is 0 Å². The summed E-state index contributed by atoms with van der Waals surface area (Å²) in [6.07, 6.45) is 0. The molecule has 0 saturated heterocycles. The maximum Gasteiger partial charge on any atom is 0.337 e. The Bertz CT molecular complexity index is 520. The number of rotatable bonds is 6. The van der Waals surface area contributed by atoms with E-state index < -0.39 is 12.0 Å². The molecular formula is C14H20BrN3O3. The largest absolute Gasteiger partial charge is 0.478 e. The van der Waals surface area contributed by atoms with Crippen molar-refractivity contribution < 1.29 is 14.7 Å². The van der Waals surface area contributed by atoms with Gasteiger partial charge in [-0.15, -0.1) is 0 Å². The summed E-state index contributed by atoms with van der Waals surface area (Å²) in [5, 5.41) is 14.4. The third kappa shape index (κ3) is 5.35. The molecule has 116 valence electrons. The van der Waals surface area contributed by atoms with Crippen LogP contribution in [0.5, 0.6) is 0 Å². The van der Waals surface area contributed by atoms with Crippen LogP contribution < -0.4 is 10.6 Å². The summed E-state index contributed by atoms with van der Waals surface area (Å²) in [6, 6.07) is 4.69.